The summed E-state index contributed by atoms with van der Waals surface area (Å²) in [6, 6.07) is 4.49. The number of ether oxygens (including phenoxy) is 2. The summed E-state index contributed by atoms with van der Waals surface area (Å²) in [5.41, 5.74) is -0.182. The van der Waals surface area contributed by atoms with Crippen molar-refractivity contribution in [2.45, 2.75) is 38.1 Å². The Morgan fingerprint density at radius 1 is 1.35 bits per heavy atom. The molecule has 2 rings (SSSR count). The highest BCUT2D eigenvalue weighted by Gasteiger charge is 2.30. The molecule has 0 aliphatic carbocycles. The summed E-state index contributed by atoms with van der Waals surface area (Å²) < 4.78 is 48.4. The van der Waals surface area contributed by atoms with Crippen molar-refractivity contribution in [1.29, 1.82) is 0 Å². The van der Waals surface area contributed by atoms with Crippen LogP contribution in [0.1, 0.15) is 24.5 Å². The van der Waals surface area contributed by atoms with E-state index in [9.17, 15) is 18.0 Å². The highest BCUT2D eigenvalue weighted by molar-refractivity contribution is 5.79. The van der Waals surface area contributed by atoms with E-state index < -0.39 is 11.7 Å². The summed E-state index contributed by atoms with van der Waals surface area (Å²) in [4.78, 5) is 12.1. The zero-order chi connectivity index (χ0) is 16.9. The molecule has 7 heteroatoms. The molecule has 1 aromatic carbocycles. The molecule has 1 aromatic rings. The molecule has 1 aliphatic rings. The van der Waals surface area contributed by atoms with Gasteiger partial charge in [0, 0.05) is 13.2 Å². The van der Waals surface area contributed by atoms with Crippen molar-refractivity contribution in [3.8, 4) is 0 Å². The molecule has 4 nitrogen and oxygen atoms in total. The summed E-state index contributed by atoms with van der Waals surface area (Å²) >= 11 is 0. The highest BCUT2D eigenvalue weighted by atomic mass is 19.4. The molecule has 1 amide bonds. The van der Waals surface area contributed by atoms with Gasteiger partial charge in [-0.15, -0.1) is 0 Å². The first-order chi connectivity index (χ1) is 10.9. The fourth-order valence-corrected chi connectivity index (χ4v) is 2.51. The van der Waals surface area contributed by atoms with E-state index in [0.29, 0.717) is 31.8 Å². The van der Waals surface area contributed by atoms with E-state index in [1.54, 1.807) is 0 Å². The van der Waals surface area contributed by atoms with Crippen molar-refractivity contribution in [3.05, 3.63) is 35.4 Å². The van der Waals surface area contributed by atoms with E-state index in [0.717, 1.165) is 12.1 Å². The first kappa shape index (κ1) is 17.7. The molecule has 2 atom stereocenters. The van der Waals surface area contributed by atoms with Crippen LogP contribution in [-0.2, 0) is 26.9 Å². The summed E-state index contributed by atoms with van der Waals surface area (Å²) in [5.74, 6) is -0.235. The van der Waals surface area contributed by atoms with Gasteiger partial charge in [0.1, 0.15) is 6.10 Å². The van der Waals surface area contributed by atoms with Crippen molar-refractivity contribution in [1.82, 2.24) is 5.32 Å². The predicted molar refractivity (Wildman–Crippen MR) is 77.9 cm³/mol. The molecule has 0 unspecified atom stereocenters. The zero-order valence-corrected chi connectivity index (χ0v) is 12.9. The molecule has 128 valence electrons. The lowest BCUT2D eigenvalue weighted by atomic mass is 10.0. The fourth-order valence-electron chi connectivity index (χ4n) is 2.51. The van der Waals surface area contributed by atoms with Crippen LogP contribution in [-0.4, -0.2) is 37.9 Å². The number of carbonyl (C=O) groups is 1. The molecule has 1 N–H and O–H groups in total. The third-order valence-electron chi connectivity index (χ3n) is 3.68. The van der Waals surface area contributed by atoms with Gasteiger partial charge in [0.25, 0.3) is 0 Å². The van der Waals surface area contributed by atoms with Gasteiger partial charge in [-0.05, 0) is 31.0 Å². The van der Waals surface area contributed by atoms with Gasteiger partial charge in [-0.1, -0.05) is 12.1 Å². The van der Waals surface area contributed by atoms with Crippen molar-refractivity contribution in [2.75, 3.05) is 19.8 Å². The molecule has 1 saturated heterocycles. The first-order valence-electron chi connectivity index (χ1n) is 7.55. The van der Waals surface area contributed by atoms with Crippen LogP contribution < -0.4 is 5.32 Å². The maximum Gasteiger partial charge on any atom is 0.416 e. The largest absolute Gasteiger partial charge is 0.416 e. The van der Waals surface area contributed by atoms with Crippen molar-refractivity contribution in [2.24, 2.45) is 0 Å². The Kier molecular flexibility index (Phi) is 6.01. The first-order valence-corrected chi connectivity index (χ1v) is 7.55. The Morgan fingerprint density at radius 3 is 2.65 bits per heavy atom. The molecule has 23 heavy (non-hydrogen) atoms. The van der Waals surface area contributed by atoms with Gasteiger partial charge in [-0.3, -0.25) is 4.79 Å². The second-order valence-electron chi connectivity index (χ2n) is 5.40. The minimum Gasteiger partial charge on any atom is -0.379 e. The summed E-state index contributed by atoms with van der Waals surface area (Å²) in [6.07, 6.45) is -3.86. The summed E-state index contributed by atoms with van der Waals surface area (Å²) in [6.45, 7) is 3.38. The Balaban J connectivity index is 1.91. The molecular weight excluding hydrogens is 311 g/mol. The molecule has 0 radical (unpaired) electrons. The Bertz CT molecular complexity index is 514. The third kappa shape index (κ3) is 5.21. The number of hydrogen-bond acceptors (Lipinski definition) is 3. The SMILES string of the molecule is CCO[C@@H]1COCC[C@H]1NC(=O)Cc1ccc(C(F)(F)F)cc1. The van der Waals surface area contributed by atoms with Gasteiger partial charge in [0.2, 0.25) is 5.91 Å². The van der Waals surface area contributed by atoms with Crippen LogP contribution in [0.25, 0.3) is 0 Å². The van der Waals surface area contributed by atoms with Crippen LogP contribution in [0.5, 0.6) is 0 Å². The number of rotatable bonds is 5. The summed E-state index contributed by atoms with van der Waals surface area (Å²) in [5, 5.41) is 2.88. The number of carbonyl (C=O) groups excluding carboxylic acids is 1. The quantitative estimate of drug-likeness (QED) is 0.902. The minimum atomic E-state index is -4.37. The molecule has 1 aliphatic heterocycles. The minimum absolute atomic E-state index is 0.0361. The molecule has 1 fully saturated rings. The summed E-state index contributed by atoms with van der Waals surface area (Å²) in [7, 11) is 0. The molecule has 0 saturated carbocycles. The van der Waals surface area contributed by atoms with Crippen LogP contribution in [0.2, 0.25) is 0 Å². The van der Waals surface area contributed by atoms with E-state index in [4.69, 9.17) is 9.47 Å². The van der Waals surface area contributed by atoms with Gasteiger partial charge in [-0.25, -0.2) is 0 Å². The average molecular weight is 331 g/mol. The lowest BCUT2D eigenvalue weighted by molar-refractivity contribution is -0.137. The number of nitrogens with one attached hydrogen (secondary N) is 1. The van der Waals surface area contributed by atoms with Crippen LogP contribution >= 0.6 is 0 Å². The number of benzene rings is 1. The predicted octanol–water partition coefficient (Wildman–Crippen LogP) is 2.56. The van der Waals surface area contributed by atoms with Crippen LogP contribution in [0.4, 0.5) is 13.2 Å². The van der Waals surface area contributed by atoms with Gasteiger partial charge in [-0.2, -0.15) is 13.2 Å². The molecule has 0 bridgehead atoms. The standard InChI is InChI=1S/C16H20F3NO3/c1-2-23-14-10-22-8-7-13(14)20-15(21)9-11-3-5-12(6-4-11)16(17,18)19/h3-6,13-14H,2,7-10H2,1H3,(H,20,21)/t13-,14-/m1/s1. The average Bonchev–Trinajstić information content (AvgIpc) is 2.49. The van der Waals surface area contributed by atoms with Gasteiger partial charge < -0.3 is 14.8 Å². The lowest BCUT2D eigenvalue weighted by Gasteiger charge is -2.31. The topological polar surface area (TPSA) is 47.6 Å². The van der Waals surface area contributed by atoms with Gasteiger partial charge in [0.15, 0.2) is 0 Å². The molecule has 1 heterocycles. The Hall–Kier alpha value is -1.60. The van der Waals surface area contributed by atoms with Crippen molar-refractivity contribution < 1.29 is 27.4 Å². The number of alkyl halides is 3. The van der Waals surface area contributed by atoms with Gasteiger partial charge >= 0.3 is 6.18 Å². The molecule has 0 aromatic heterocycles. The number of amides is 1. The highest BCUT2D eigenvalue weighted by Crippen LogP contribution is 2.29. The van der Waals surface area contributed by atoms with Crippen LogP contribution in [0.3, 0.4) is 0 Å². The van der Waals surface area contributed by atoms with E-state index in [-0.39, 0.29) is 24.5 Å². The van der Waals surface area contributed by atoms with E-state index in [1.165, 1.54) is 12.1 Å². The van der Waals surface area contributed by atoms with Crippen LogP contribution in [0.15, 0.2) is 24.3 Å². The molecule has 0 spiro atoms. The van der Waals surface area contributed by atoms with Crippen molar-refractivity contribution in [3.63, 3.8) is 0 Å². The zero-order valence-electron chi connectivity index (χ0n) is 12.9. The fraction of sp³-hybridized carbons (Fsp3) is 0.562. The maximum atomic E-state index is 12.5. The van der Waals surface area contributed by atoms with E-state index in [2.05, 4.69) is 5.32 Å². The van der Waals surface area contributed by atoms with E-state index in [1.807, 2.05) is 6.92 Å². The Labute approximate surface area is 133 Å². The van der Waals surface area contributed by atoms with Gasteiger partial charge in [0.05, 0.1) is 24.6 Å². The third-order valence-corrected chi connectivity index (χ3v) is 3.68. The van der Waals surface area contributed by atoms with Crippen LogP contribution in [0, 0.1) is 0 Å². The smallest absolute Gasteiger partial charge is 0.379 e. The van der Waals surface area contributed by atoms with E-state index >= 15 is 0 Å². The Morgan fingerprint density at radius 2 is 2.04 bits per heavy atom. The molecular formula is C16H20F3NO3. The number of halogens is 3. The second-order valence-corrected chi connectivity index (χ2v) is 5.40. The number of hydrogen-bond donors (Lipinski definition) is 1. The second kappa shape index (κ2) is 7.79. The maximum absolute atomic E-state index is 12.5. The van der Waals surface area contributed by atoms with Crippen molar-refractivity contribution >= 4 is 5.91 Å². The normalized spacial score (nSPS) is 21.9. The lowest BCUT2D eigenvalue weighted by Crippen LogP contribution is -2.50. The monoisotopic (exact) mass is 331 g/mol.